The molecular weight excluding hydrogens is 180 g/mol. The molecule has 0 spiro atoms. The van der Waals surface area contributed by atoms with Crippen molar-refractivity contribution in [1.29, 1.82) is 0 Å². The number of carbonyl (C=O) groups is 1. The van der Waals surface area contributed by atoms with Gasteiger partial charge in [0.25, 0.3) is 0 Å². The predicted molar refractivity (Wildman–Crippen MR) is 51.9 cm³/mol. The molecular formula is C11H14O3. The van der Waals surface area contributed by atoms with Crippen molar-refractivity contribution in [2.75, 3.05) is 0 Å². The molecule has 0 radical (unpaired) electrons. The van der Waals surface area contributed by atoms with E-state index in [1.165, 1.54) is 0 Å². The monoisotopic (exact) mass is 194 g/mol. The molecule has 2 rings (SSSR count). The number of carboxylic acids is 1. The fraction of sp³-hybridized carbons (Fsp3) is 0.545. The van der Waals surface area contributed by atoms with Crippen LogP contribution < -0.4 is 0 Å². The van der Waals surface area contributed by atoms with Crippen LogP contribution >= 0.6 is 0 Å². The lowest BCUT2D eigenvalue weighted by Gasteiger charge is -2.29. The molecule has 3 heteroatoms. The maximum Gasteiger partial charge on any atom is 0.312 e. The van der Waals surface area contributed by atoms with Crippen LogP contribution in [0.4, 0.5) is 0 Å². The first-order chi connectivity index (χ1) is 6.62. The lowest BCUT2D eigenvalue weighted by molar-refractivity contribution is -0.150. The number of aliphatic carboxylic acids is 1. The third kappa shape index (κ3) is 1.12. The van der Waals surface area contributed by atoms with Crippen LogP contribution in [0.2, 0.25) is 0 Å². The first-order valence-corrected chi connectivity index (χ1v) is 4.79. The summed E-state index contributed by atoms with van der Waals surface area (Å²) in [5.41, 5.74) is 0.295. The average Bonchev–Trinajstić information content (AvgIpc) is 2.90. The van der Waals surface area contributed by atoms with Crippen LogP contribution in [0.25, 0.3) is 0 Å². The third-order valence-electron chi connectivity index (χ3n) is 3.27. The highest BCUT2D eigenvalue weighted by molar-refractivity contribution is 5.77. The highest BCUT2D eigenvalue weighted by Gasteiger charge is 2.61. The van der Waals surface area contributed by atoms with Crippen molar-refractivity contribution < 1.29 is 14.6 Å². The van der Waals surface area contributed by atoms with Gasteiger partial charge in [-0.15, -0.1) is 6.58 Å². The number of hydrogen-bond acceptors (Lipinski definition) is 2. The van der Waals surface area contributed by atoms with E-state index in [9.17, 15) is 9.90 Å². The van der Waals surface area contributed by atoms with Crippen LogP contribution in [-0.4, -0.2) is 23.3 Å². The second-order valence-electron chi connectivity index (χ2n) is 4.09. The molecule has 0 aromatic rings. The maximum absolute atomic E-state index is 11.3. The summed E-state index contributed by atoms with van der Waals surface area (Å²) < 4.78 is 5.39. The SMILES string of the molecule is C=CCC1(C(=O)O)CCC(=C)C2OC21. The summed E-state index contributed by atoms with van der Waals surface area (Å²) in [6.45, 7) is 7.49. The molecule has 0 aromatic carbocycles. The van der Waals surface area contributed by atoms with E-state index in [-0.39, 0.29) is 12.2 Å². The number of rotatable bonds is 3. The molecule has 2 fully saturated rings. The Hall–Kier alpha value is -1.09. The van der Waals surface area contributed by atoms with Gasteiger partial charge in [0.15, 0.2) is 0 Å². The van der Waals surface area contributed by atoms with Crippen LogP contribution in [0.15, 0.2) is 24.8 Å². The minimum absolute atomic E-state index is 0.0141. The Bertz CT molecular complexity index is 308. The smallest absolute Gasteiger partial charge is 0.312 e. The Morgan fingerprint density at radius 2 is 2.50 bits per heavy atom. The Labute approximate surface area is 83.1 Å². The summed E-state index contributed by atoms with van der Waals surface area (Å²) in [6, 6.07) is 0. The molecule has 1 saturated carbocycles. The molecule has 1 aliphatic heterocycles. The normalized spacial score (nSPS) is 40.1. The third-order valence-corrected chi connectivity index (χ3v) is 3.27. The van der Waals surface area contributed by atoms with Gasteiger partial charge >= 0.3 is 5.97 Å². The Morgan fingerprint density at radius 1 is 1.79 bits per heavy atom. The maximum atomic E-state index is 11.3. The molecule has 1 N–H and O–H groups in total. The van der Waals surface area contributed by atoms with Gasteiger partial charge in [-0.25, -0.2) is 0 Å². The quantitative estimate of drug-likeness (QED) is 0.550. The molecule has 1 heterocycles. The summed E-state index contributed by atoms with van der Waals surface area (Å²) in [6.07, 6.45) is 3.34. The number of allylic oxidation sites excluding steroid dienone is 1. The van der Waals surface area contributed by atoms with Gasteiger partial charge in [0.2, 0.25) is 0 Å². The van der Waals surface area contributed by atoms with Crippen LogP contribution in [0.3, 0.4) is 0 Å². The summed E-state index contributed by atoms with van der Waals surface area (Å²) >= 11 is 0. The second-order valence-corrected chi connectivity index (χ2v) is 4.09. The number of ether oxygens (including phenoxy) is 1. The van der Waals surface area contributed by atoms with E-state index in [0.29, 0.717) is 12.8 Å². The summed E-state index contributed by atoms with van der Waals surface area (Å²) in [7, 11) is 0. The molecule has 0 amide bonds. The van der Waals surface area contributed by atoms with Gasteiger partial charge in [-0.3, -0.25) is 4.79 Å². The Kier molecular flexibility index (Phi) is 2.00. The Morgan fingerprint density at radius 3 is 3.07 bits per heavy atom. The zero-order valence-corrected chi connectivity index (χ0v) is 8.03. The minimum Gasteiger partial charge on any atom is -0.481 e. The van der Waals surface area contributed by atoms with E-state index in [4.69, 9.17) is 4.74 Å². The van der Waals surface area contributed by atoms with E-state index in [1.807, 2.05) is 0 Å². The lowest BCUT2D eigenvalue weighted by atomic mass is 9.70. The largest absolute Gasteiger partial charge is 0.481 e. The van der Waals surface area contributed by atoms with Crippen molar-refractivity contribution in [3.8, 4) is 0 Å². The van der Waals surface area contributed by atoms with Crippen LogP contribution in [0, 0.1) is 5.41 Å². The van der Waals surface area contributed by atoms with Crippen molar-refractivity contribution in [3.63, 3.8) is 0 Å². The predicted octanol–water partition coefficient (Wildman–Crippen LogP) is 1.75. The highest BCUT2D eigenvalue weighted by Crippen LogP contribution is 2.52. The van der Waals surface area contributed by atoms with Crippen molar-refractivity contribution in [1.82, 2.24) is 0 Å². The van der Waals surface area contributed by atoms with Gasteiger partial charge in [-0.2, -0.15) is 0 Å². The molecule has 14 heavy (non-hydrogen) atoms. The standard InChI is InChI=1S/C11H14O3/c1-3-5-11(10(12)13)6-4-7(2)8-9(11)14-8/h3,8-9H,1-2,4-6H2,(H,12,13). The zero-order chi connectivity index (χ0) is 10.3. The highest BCUT2D eigenvalue weighted by atomic mass is 16.6. The van der Waals surface area contributed by atoms with Crippen molar-refractivity contribution in [2.24, 2.45) is 5.41 Å². The molecule has 3 unspecified atom stereocenters. The van der Waals surface area contributed by atoms with Crippen molar-refractivity contribution in [3.05, 3.63) is 24.8 Å². The van der Waals surface area contributed by atoms with Crippen LogP contribution in [0.1, 0.15) is 19.3 Å². The molecule has 2 aliphatic rings. The number of hydrogen-bond donors (Lipinski definition) is 1. The molecule has 76 valence electrons. The zero-order valence-electron chi connectivity index (χ0n) is 8.03. The molecule has 3 atom stereocenters. The topological polar surface area (TPSA) is 49.8 Å². The van der Waals surface area contributed by atoms with E-state index in [2.05, 4.69) is 13.2 Å². The van der Waals surface area contributed by atoms with E-state index < -0.39 is 11.4 Å². The van der Waals surface area contributed by atoms with Gasteiger partial charge in [0.05, 0.1) is 0 Å². The number of fused-ring (bicyclic) bond motifs is 1. The molecule has 0 aromatic heterocycles. The first kappa shape index (κ1) is 9.46. The molecule has 0 bridgehead atoms. The van der Waals surface area contributed by atoms with E-state index in [0.717, 1.165) is 12.0 Å². The van der Waals surface area contributed by atoms with Crippen LogP contribution in [-0.2, 0) is 9.53 Å². The van der Waals surface area contributed by atoms with E-state index in [1.54, 1.807) is 6.08 Å². The number of carboxylic acid groups (broad SMARTS) is 1. The van der Waals surface area contributed by atoms with Gasteiger partial charge in [-0.05, 0) is 24.8 Å². The Balaban J connectivity index is 2.24. The average molecular weight is 194 g/mol. The summed E-state index contributed by atoms with van der Waals surface area (Å²) in [5.74, 6) is -0.766. The van der Waals surface area contributed by atoms with Gasteiger partial charge < -0.3 is 9.84 Å². The lowest BCUT2D eigenvalue weighted by Crippen LogP contribution is -2.40. The summed E-state index contributed by atoms with van der Waals surface area (Å²) in [4.78, 5) is 11.3. The fourth-order valence-corrected chi connectivity index (χ4v) is 2.30. The second kappa shape index (κ2) is 2.95. The molecule has 1 saturated heterocycles. The van der Waals surface area contributed by atoms with Gasteiger partial charge in [0, 0.05) is 0 Å². The van der Waals surface area contributed by atoms with Crippen molar-refractivity contribution in [2.45, 2.75) is 31.5 Å². The first-order valence-electron chi connectivity index (χ1n) is 4.79. The minimum atomic E-state index is -0.766. The van der Waals surface area contributed by atoms with Gasteiger partial charge in [0.1, 0.15) is 17.6 Å². The number of epoxide rings is 1. The molecule has 3 nitrogen and oxygen atoms in total. The van der Waals surface area contributed by atoms with Gasteiger partial charge in [-0.1, -0.05) is 12.7 Å². The van der Waals surface area contributed by atoms with Crippen LogP contribution in [0.5, 0.6) is 0 Å². The van der Waals surface area contributed by atoms with E-state index >= 15 is 0 Å². The summed E-state index contributed by atoms with van der Waals surface area (Å²) in [5, 5.41) is 9.25. The fourth-order valence-electron chi connectivity index (χ4n) is 2.30. The van der Waals surface area contributed by atoms with Crippen molar-refractivity contribution >= 4 is 5.97 Å². The molecule has 1 aliphatic carbocycles.